The maximum absolute atomic E-state index is 6.71. The maximum atomic E-state index is 6.71. The van der Waals surface area contributed by atoms with E-state index in [2.05, 4.69) is 163 Å². The molecule has 5 aromatic carbocycles. The van der Waals surface area contributed by atoms with Gasteiger partial charge in [0.1, 0.15) is 5.82 Å². The molecule has 0 N–H and O–H groups in total. The summed E-state index contributed by atoms with van der Waals surface area (Å²) in [6.45, 7) is 24.0. The van der Waals surface area contributed by atoms with Gasteiger partial charge in [-0.3, -0.25) is 4.68 Å². The second-order valence-corrected chi connectivity index (χ2v) is 16.6. The molecule has 9 aromatic rings. The van der Waals surface area contributed by atoms with Gasteiger partial charge in [0.25, 0.3) is 0 Å². The number of nitrogens with zero attached hydrogens (tertiary/aromatic N) is 5. The van der Waals surface area contributed by atoms with Gasteiger partial charge in [0.05, 0.1) is 22.4 Å². The van der Waals surface area contributed by atoms with E-state index in [1.54, 1.807) is 0 Å². The summed E-state index contributed by atoms with van der Waals surface area (Å²) in [5.74, 6) is 2.09. The predicted molar refractivity (Wildman–Crippen MR) is 231 cm³/mol. The van der Waals surface area contributed by atoms with Gasteiger partial charge in [-0.15, -0.1) is 41.3 Å². The summed E-state index contributed by atoms with van der Waals surface area (Å²) in [5.41, 5.74) is 16.8. The molecular formula is C50H47N5OPt. The Labute approximate surface area is 349 Å². The molecule has 7 heteroatoms. The molecule has 9 rings (SSSR count). The van der Waals surface area contributed by atoms with Crippen LogP contribution in [0.15, 0.2) is 85.1 Å². The van der Waals surface area contributed by atoms with Crippen molar-refractivity contribution in [2.75, 3.05) is 0 Å². The summed E-state index contributed by atoms with van der Waals surface area (Å²) in [4.78, 5) is 5.21. The summed E-state index contributed by atoms with van der Waals surface area (Å²) >= 11 is 0. The minimum atomic E-state index is -0.116. The molecular weight excluding hydrogens is 882 g/mol. The molecule has 0 saturated heterocycles. The smallest absolute Gasteiger partial charge is 0.509 e. The van der Waals surface area contributed by atoms with Gasteiger partial charge in [0, 0.05) is 45.2 Å². The Hall–Kier alpha value is -5.45. The Morgan fingerprint density at radius 1 is 0.614 bits per heavy atom. The van der Waals surface area contributed by atoms with Crippen LogP contribution < -0.4 is 4.74 Å². The Bertz CT molecular complexity index is 3010. The van der Waals surface area contributed by atoms with Crippen LogP contribution in [0.4, 0.5) is 0 Å². The third kappa shape index (κ3) is 6.12. The van der Waals surface area contributed by atoms with E-state index in [9.17, 15) is 0 Å². The fraction of sp³-hybridized carbons (Fsp3) is 0.240. The fourth-order valence-electron chi connectivity index (χ4n) is 8.51. The number of hydrogen-bond acceptors (Lipinski definition) is 3. The third-order valence-electron chi connectivity index (χ3n) is 11.7. The zero-order chi connectivity index (χ0) is 39.4. The van der Waals surface area contributed by atoms with E-state index in [0.29, 0.717) is 11.5 Å². The van der Waals surface area contributed by atoms with Crippen LogP contribution in [-0.2, 0) is 26.5 Å². The fourth-order valence-corrected chi connectivity index (χ4v) is 8.51. The van der Waals surface area contributed by atoms with Crippen molar-refractivity contribution < 1.29 is 25.8 Å². The van der Waals surface area contributed by atoms with Crippen LogP contribution in [0.2, 0.25) is 0 Å². The molecule has 0 amide bonds. The van der Waals surface area contributed by atoms with E-state index in [0.717, 1.165) is 67.1 Å². The molecule has 0 fully saturated rings. The van der Waals surface area contributed by atoms with Gasteiger partial charge in [-0.25, -0.2) is 4.98 Å². The van der Waals surface area contributed by atoms with E-state index in [1.807, 2.05) is 23.9 Å². The van der Waals surface area contributed by atoms with Gasteiger partial charge in [-0.2, -0.15) is 11.2 Å². The molecule has 0 radical (unpaired) electrons. The quantitative estimate of drug-likeness (QED) is 0.162. The van der Waals surface area contributed by atoms with E-state index in [4.69, 9.17) is 14.8 Å². The van der Waals surface area contributed by atoms with Crippen LogP contribution in [0.25, 0.3) is 60.8 Å². The average Bonchev–Trinajstić information content (AvgIpc) is 3.79. The summed E-state index contributed by atoms with van der Waals surface area (Å²) in [5, 5.41) is 9.52. The number of pyridine rings is 1. The molecule has 0 saturated carbocycles. The van der Waals surface area contributed by atoms with Crippen molar-refractivity contribution in [1.29, 1.82) is 0 Å². The van der Waals surface area contributed by atoms with Crippen molar-refractivity contribution >= 4 is 43.6 Å². The monoisotopic (exact) mass is 928 g/mol. The predicted octanol–water partition coefficient (Wildman–Crippen LogP) is 12.6. The molecule has 288 valence electrons. The van der Waals surface area contributed by atoms with E-state index in [1.165, 1.54) is 44.1 Å². The number of fused-ring (bicyclic) bond motifs is 6. The Morgan fingerprint density at radius 2 is 1.26 bits per heavy atom. The minimum Gasteiger partial charge on any atom is -0.509 e. The Balaban J connectivity index is 0.00000455. The van der Waals surface area contributed by atoms with Crippen molar-refractivity contribution in [3.8, 4) is 28.7 Å². The summed E-state index contributed by atoms with van der Waals surface area (Å²) in [6, 6.07) is 35.3. The van der Waals surface area contributed by atoms with Crippen molar-refractivity contribution in [1.82, 2.24) is 23.9 Å². The number of hydrogen-bond donors (Lipinski definition) is 0. The number of para-hydroxylation sites is 1. The molecule has 57 heavy (non-hydrogen) atoms. The van der Waals surface area contributed by atoms with Crippen molar-refractivity contribution in [3.63, 3.8) is 0 Å². The molecule has 4 aromatic heterocycles. The first kappa shape index (κ1) is 38.4. The van der Waals surface area contributed by atoms with Crippen molar-refractivity contribution in [2.45, 2.75) is 81.6 Å². The second-order valence-electron chi connectivity index (χ2n) is 16.6. The molecule has 4 heterocycles. The van der Waals surface area contributed by atoms with Crippen LogP contribution in [-0.4, -0.2) is 23.9 Å². The zero-order valence-electron chi connectivity index (χ0n) is 34.5. The van der Waals surface area contributed by atoms with Crippen LogP contribution in [0.5, 0.6) is 11.5 Å². The first-order valence-electron chi connectivity index (χ1n) is 19.4. The normalized spacial score (nSPS) is 12.0. The van der Waals surface area contributed by atoms with Gasteiger partial charge in [0.2, 0.25) is 0 Å². The number of rotatable bonds is 5. The molecule has 0 atom stereocenters. The third-order valence-corrected chi connectivity index (χ3v) is 11.7. The maximum Gasteiger partial charge on any atom is 2.00 e. The van der Waals surface area contributed by atoms with Gasteiger partial charge < -0.3 is 13.9 Å². The first-order chi connectivity index (χ1) is 26.7. The summed E-state index contributed by atoms with van der Waals surface area (Å²) < 4.78 is 13.4. The van der Waals surface area contributed by atoms with Crippen LogP contribution in [0.3, 0.4) is 0 Å². The van der Waals surface area contributed by atoms with Gasteiger partial charge in [0.15, 0.2) is 0 Å². The van der Waals surface area contributed by atoms with E-state index >= 15 is 0 Å². The van der Waals surface area contributed by atoms with Crippen molar-refractivity contribution in [2.24, 2.45) is 0 Å². The Morgan fingerprint density at radius 3 is 1.89 bits per heavy atom. The van der Waals surface area contributed by atoms with E-state index in [-0.39, 0.29) is 26.5 Å². The van der Waals surface area contributed by atoms with Gasteiger partial charge >= 0.3 is 21.1 Å². The SMILES string of the molecule is Cc1cc(C)n(-c2[c-]c(Oc3[c-]c4c(cc3)c3ccccc3n4-c3ncc(C)c(-n4c5c(C)c(C)ccc5c5ccc(C)c(C)c54)c3C)cc(C(C)(C)C)c2)n1.[Pt+2]. The molecule has 0 bridgehead atoms. The zero-order valence-corrected chi connectivity index (χ0v) is 36.8. The topological polar surface area (TPSA) is 49.8 Å². The molecule has 0 unspecified atom stereocenters. The molecule has 0 aliphatic heterocycles. The number of aryl methyl sites for hydroxylation is 7. The van der Waals surface area contributed by atoms with E-state index < -0.39 is 0 Å². The number of benzene rings is 5. The number of aromatic nitrogens is 5. The average molecular weight is 929 g/mol. The first-order valence-corrected chi connectivity index (χ1v) is 19.4. The minimum absolute atomic E-state index is 0. The van der Waals surface area contributed by atoms with Crippen molar-refractivity contribution in [3.05, 3.63) is 148 Å². The standard InChI is InChI=1S/C50H47N5O.Pt/c1-28-16-19-42-43-20-17-29(2)34(7)48(43)54(47(42)33(28)6)46-30(3)27-51-49(35(46)8)53-44-15-13-12-14-40(44)41-21-18-38(26-45(41)53)56-39-24-36(50(9,10)11)23-37(25-39)55-32(5)22-31(4)52-55;/h12-24,27H,1-11H3;/q-2;+2. The second kappa shape index (κ2) is 13.9. The van der Waals surface area contributed by atoms with Gasteiger partial charge in [-0.05, 0) is 112 Å². The number of ether oxygens (including phenoxy) is 1. The summed E-state index contributed by atoms with van der Waals surface area (Å²) in [7, 11) is 0. The molecule has 0 aliphatic carbocycles. The van der Waals surface area contributed by atoms with Crippen LogP contribution in [0, 0.1) is 67.5 Å². The molecule has 6 nitrogen and oxygen atoms in total. The van der Waals surface area contributed by atoms with Crippen LogP contribution in [0.1, 0.15) is 71.1 Å². The van der Waals surface area contributed by atoms with Crippen LogP contribution >= 0.6 is 0 Å². The molecule has 0 spiro atoms. The van der Waals surface area contributed by atoms with Gasteiger partial charge in [-0.1, -0.05) is 68.8 Å². The largest absolute Gasteiger partial charge is 2.00 e. The Kier molecular flexibility index (Phi) is 9.36. The summed E-state index contributed by atoms with van der Waals surface area (Å²) in [6.07, 6.45) is 2.03. The molecule has 0 aliphatic rings.